The van der Waals surface area contributed by atoms with E-state index in [1.807, 2.05) is 25.7 Å². The van der Waals surface area contributed by atoms with Crippen LogP contribution in [0.15, 0.2) is 0 Å². The molecule has 1 fully saturated rings. The summed E-state index contributed by atoms with van der Waals surface area (Å²) in [5.41, 5.74) is 0. The molecule has 0 unspecified atom stereocenters. The molecule has 0 aromatic carbocycles. The van der Waals surface area contributed by atoms with Crippen LogP contribution >= 0.6 is 0 Å². The SMILES string of the molecule is CCN(CC)C(=O)CN1C[C@@H](C)[C@H](C(=O)O)C1. The van der Waals surface area contributed by atoms with Gasteiger partial charge in [-0.25, -0.2) is 0 Å². The first-order valence-electron chi connectivity index (χ1n) is 6.22. The molecule has 0 bridgehead atoms. The van der Waals surface area contributed by atoms with Gasteiger partial charge in [0, 0.05) is 26.2 Å². The van der Waals surface area contributed by atoms with Crippen molar-refractivity contribution >= 4 is 11.9 Å². The molecule has 1 aliphatic heterocycles. The molecule has 2 atom stereocenters. The summed E-state index contributed by atoms with van der Waals surface area (Å²) in [6.07, 6.45) is 0. The summed E-state index contributed by atoms with van der Waals surface area (Å²) in [5, 5.41) is 9.02. The molecule has 0 spiro atoms. The molecule has 1 N–H and O–H groups in total. The third kappa shape index (κ3) is 3.43. The highest BCUT2D eigenvalue weighted by Gasteiger charge is 2.35. The molecular weight excluding hydrogens is 220 g/mol. The number of aliphatic carboxylic acids is 1. The van der Waals surface area contributed by atoms with Crippen molar-refractivity contribution in [1.82, 2.24) is 9.80 Å². The number of hydrogen-bond acceptors (Lipinski definition) is 3. The zero-order valence-electron chi connectivity index (χ0n) is 10.8. The van der Waals surface area contributed by atoms with Crippen molar-refractivity contribution in [1.29, 1.82) is 0 Å². The van der Waals surface area contributed by atoms with E-state index in [2.05, 4.69) is 0 Å². The van der Waals surface area contributed by atoms with Crippen molar-refractivity contribution in [3.05, 3.63) is 0 Å². The number of hydrogen-bond donors (Lipinski definition) is 1. The molecule has 98 valence electrons. The molecule has 0 aromatic heterocycles. The Balaban J connectivity index is 2.49. The van der Waals surface area contributed by atoms with Gasteiger partial charge in [0.2, 0.25) is 5.91 Å². The maximum Gasteiger partial charge on any atom is 0.308 e. The van der Waals surface area contributed by atoms with E-state index in [9.17, 15) is 9.59 Å². The lowest BCUT2D eigenvalue weighted by molar-refractivity contribution is -0.142. The van der Waals surface area contributed by atoms with E-state index < -0.39 is 5.97 Å². The van der Waals surface area contributed by atoms with Gasteiger partial charge in [0.15, 0.2) is 0 Å². The zero-order chi connectivity index (χ0) is 13.0. The minimum absolute atomic E-state index is 0.0910. The van der Waals surface area contributed by atoms with Crippen molar-refractivity contribution in [3.63, 3.8) is 0 Å². The second-order valence-corrected chi connectivity index (χ2v) is 4.68. The second-order valence-electron chi connectivity index (χ2n) is 4.68. The van der Waals surface area contributed by atoms with E-state index in [1.54, 1.807) is 4.90 Å². The molecule has 1 heterocycles. The summed E-state index contributed by atoms with van der Waals surface area (Å²) in [7, 11) is 0. The molecule has 0 aliphatic carbocycles. The first kappa shape index (κ1) is 14.0. The molecule has 5 heteroatoms. The second kappa shape index (κ2) is 6.00. The van der Waals surface area contributed by atoms with Crippen LogP contribution in [0.2, 0.25) is 0 Å². The molecule has 1 amide bonds. The van der Waals surface area contributed by atoms with Crippen LogP contribution in [-0.4, -0.2) is 59.5 Å². The lowest BCUT2D eigenvalue weighted by atomic mass is 9.99. The summed E-state index contributed by atoms with van der Waals surface area (Å²) < 4.78 is 0. The standard InChI is InChI=1S/C12H22N2O3/c1-4-14(5-2)11(15)8-13-6-9(3)10(7-13)12(16)17/h9-10H,4-8H2,1-3H3,(H,16,17)/t9-,10-/m1/s1. The Kier molecular flexibility index (Phi) is 4.93. The minimum atomic E-state index is -0.754. The van der Waals surface area contributed by atoms with Crippen LogP contribution in [0.1, 0.15) is 20.8 Å². The van der Waals surface area contributed by atoms with Crippen LogP contribution in [0.25, 0.3) is 0 Å². The third-order valence-electron chi connectivity index (χ3n) is 3.48. The highest BCUT2D eigenvalue weighted by molar-refractivity contribution is 5.78. The Hall–Kier alpha value is -1.10. The summed E-state index contributed by atoms with van der Waals surface area (Å²) in [4.78, 5) is 26.6. The molecule has 0 radical (unpaired) electrons. The highest BCUT2D eigenvalue weighted by Crippen LogP contribution is 2.22. The number of nitrogens with zero attached hydrogens (tertiary/aromatic N) is 2. The van der Waals surface area contributed by atoms with Crippen molar-refractivity contribution in [2.45, 2.75) is 20.8 Å². The van der Waals surface area contributed by atoms with Crippen molar-refractivity contribution < 1.29 is 14.7 Å². The van der Waals surface area contributed by atoms with Gasteiger partial charge in [0.05, 0.1) is 12.5 Å². The molecule has 5 nitrogen and oxygen atoms in total. The Morgan fingerprint density at radius 1 is 1.29 bits per heavy atom. The summed E-state index contributed by atoms with van der Waals surface area (Å²) in [6, 6.07) is 0. The van der Waals surface area contributed by atoms with Crippen LogP contribution in [0.3, 0.4) is 0 Å². The average molecular weight is 242 g/mol. The summed E-state index contributed by atoms with van der Waals surface area (Å²) >= 11 is 0. The van der Waals surface area contributed by atoms with Crippen LogP contribution in [0, 0.1) is 11.8 Å². The number of likely N-dealkylation sites (N-methyl/N-ethyl adjacent to an activating group) is 1. The van der Waals surface area contributed by atoms with Crippen molar-refractivity contribution in [2.75, 3.05) is 32.7 Å². The predicted molar refractivity (Wildman–Crippen MR) is 64.7 cm³/mol. The van der Waals surface area contributed by atoms with E-state index in [-0.39, 0.29) is 17.7 Å². The van der Waals surface area contributed by atoms with Gasteiger partial charge in [-0.1, -0.05) is 6.92 Å². The van der Waals surface area contributed by atoms with Gasteiger partial charge in [-0.15, -0.1) is 0 Å². The molecule has 0 saturated carbocycles. The lowest BCUT2D eigenvalue weighted by Crippen LogP contribution is -2.39. The van der Waals surface area contributed by atoms with Crippen LogP contribution < -0.4 is 0 Å². The topological polar surface area (TPSA) is 60.9 Å². The molecule has 1 aliphatic rings. The van der Waals surface area contributed by atoms with Crippen molar-refractivity contribution in [3.8, 4) is 0 Å². The molecule has 0 aromatic rings. The first-order valence-corrected chi connectivity index (χ1v) is 6.22. The molecule has 1 saturated heterocycles. The Morgan fingerprint density at radius 2 is 1.88 bits per heavy atom. The van der Waals surface area contributed by atoms with Gasteiger partial charge >= 0.3 is 5.97 Å². The molecular formula is C12H22N2O3. The zero-order valence-corrected chi connectivity index (χ0v) is 10.8. The fraction of sp³-hybridized carbons (Fsp3) is 0.833. The van der Waals surface area contributed by atoms with Gasteiger partial charge in [-0.3, -0.25) is 14.5 Å². The number of likely N-dealkylation sites (tertiary alicyclic amines) is 1. The van der Waals surface area contributed by atoms with Gasteiger partial charge in [-0.05, 0) is 19.8 Å². The van der Waals surface area contributed by atoms with Crippen LogP contribution in [0.5, 0.6) is 0 Å². The number of carboxylic acid groups (broad SMARTS) is 1. The maximum absolute atomic E-state index is 11.9. The monoisotopic (exact) mass is 242 g/mol. The molecule has 17 heavy (non-hydrogen) atoms. The normalized spacial score (nSPS) is 24.9. The minimum Gasteiger partial charge on any atom is -0.481 e. The Bertz CT molecular complexity index is 289. The van der Waals surface area contributed by atoms with E-state index in [1.165, 1.54) is 0 Å². The predicted octanol–water partition coefficient (Wildman–Crippen LogP) is 0.507. The first-order chi connectivity index (χ1) is 7.99. The third-order valence-corrected chi connectivity index (χ3v) is 3.48. The van der Waals surface area contributed by atoms with Crippen molar-refractivity contribution in [2.24, 2.45) is 11.8 Å². The Morgan fingerprint density at radius 3 is 2.29 bits per heavy atom. The lowest BCUT2D eigenvalue weighted by Gasteiger charge is -2.22. The quantitative estimate of drug-likeness (QED) is 0.763. The number of amides is 1. The van der Waals surface area contributed by atoms with Crippen LogP contribution in [-0.2, 0) is 9.59 Å². The number of carbonyl (C=O) groups excluding carboxylic acids is 1. The fourth-order valence-electron chi connectivity index (χ4n) is 2.39. The van der Waals surface area contributed by atoms with Gasteiger partial charge in [0.25, 0.3) is 0 Å². The van der Waals surface area contributed by atoms with E-state index in [0.717, 1.165) is 0 Å². The fourth-order valence-corrected chi connectivity index (χ4v) is 2.39. The maximum atomic E-state index is 11.9. The van der Waals surface area contributed by atoms with E-state index in [4.69, 9.17) is 5.11 Å². The summed E-state index contributed by atoms with van der Waals surface area (Å²) in [5.74, 6) is -0.875. The van der Waals surface area contributed by atoms with Gasteiger partial charge in [-0.2, -0.15) is 0 Å². The molecule has 1 rings (SSSR count). The number of carboxylic acids is 1. The van der Waals surface area contributed by atoms with Gasteiger partial charge < -0.3 is 10.0 Å². The van der Waals surface area contributed by atoms with Gasteiger partial charge in [0.1, 0.15) is 0 Å². The number of rotatable bonds is 5. The average Bonchev–Trinajstić information content (AvgIpc) is 2.61. The number of carbonyl (C=O) groups is 2. The van der Waals surface area contributed by atoms with Crippen LogP contribution in [0.4, 0.5) is 0 Å². The highest BCUT2D eigenvalue weighted by atomic mass is 16.4. The summed E-state index contributed by atoms with van der Waals surface area (Å²) in [6.45, 7) is 8.79. The smallest absolute Gasteiger partial charge is 0.308 e. The largest absolute Gasteiger partial charge is 0.481 e. The Labute approximate surface area is 102 Å². The van der Waals surface area contributed by atoms with E-state index >= 15 is 0 Å². The van der Waals surface area contributed by atoms with E-state index in [0.29, 0.717) is 32.7 Å².